The minimum absolute atomic E-state index is 0.00559. The van der Waals surface area contributed by atoms with Crippen molar-refractivity contribution in [2.75, 3.05) is 6.54 Å². The minimum atomic E-state index is 0.00559. The molecule has 3 heteroatoms. The molecule has 0 radical (unpaired) electrons. The van der Waals surface area contributed by atoms with Gasteiger partial charge in [-0.15, -0.1) is 0 Å². The topological polar surface area (TPSA) is 55.1 Å². The van der Waals surface area contributed by atoms with E-state index in [1.807, 2.05) is 0 Å². The summed E-state index contributed by atoms with van der Waals surface area (Å²) in [5.41, 5.74) is 5.65. The zero-order valence-corrected chi connectivity index (χ0v) is 11.4. The van der Waals surface area contributed by atoms with E-state index in [2.05, 4.69) is 19.2 Å². The predicted molar refractivity (Wildman–Crippen MR) is 71.6 cm³/mol. The number of hydrogen-bond acceptors (Lipinski definition) is 2. The van der Waals surface area contributed by atoms with Crippen molar-refractivity contribution in [1.82, 2.24) is 5.32 Å². The lowest BCUT2D eigenvalue weighted by Gasteiger charge is -2.29. The molecule has 1 aliphatic carbocycles. The molecule has 1 amide bonds. The molecule has 17 heavy (non-hydrogen) atoms. The molecule has 1 rings (SSSR count). The van der Waals surface area contributed by atoms with Gasteiger partial charge in [0, 0.05) is 12.6 Å². The molecule has 100 valence electrons. The maximum atomic E-state index is 12.0. The fraction of sp³-hybridized carbons (Fsp3) is 0.929. The summed E-state index contributed by atoms with van der Waals surface area (Å²) < 4.78 is 0. The van der Waals surface area contributed by atoms with Crippen LogP contribution in [0.4, 0.5) is 0 Å². The number of nitrogens with two attached hydrogens (primary N) is 1. The van der Waals surface area contributed by atoms with E-state index >= 15 is 0 Å². The number of carbonyl (C=O) groups excluding carboxylic acids is 1. The largest absolute Gasteiger partial charge is 0.353 e. The SMILES string of the molecule is CCCC(CN)C(=O)N[C@H](C)C1CCCCC1. The van der Waals surface area contributed by atoms with E-state index in [4.69, 9.17) is 5.73 Å². The molecule has 3 nitrogen and oxygen atoms in total. The summed E-state index contributed by atoms with van der Waals surface area (Å²) in [6.45, 7) is 4.71. The maximum Gasteiger partial charge on any atom is 0.224 e. The van der Waals surface area contributed by atoms with Crippen molar-refractivity contribution in [2.24, 2.45) is 17.6 Å². The highest BCUT2D eigenvalue weighted by Crippen LogP contribution is 2.26. The van der Waals surface area contributed by atoms with E-state index in [9.17, 15) is 4.79 Å². The van der Waals surface area contributed by atoms with E-state index in [0.29, 0.717) is 18.5 Å². The van der Waals surface area contributed by atoms with Crippen LogP contribution in [0.2, 0.25) is 0 Å². The first kappa shape index (κ1) is 14.5. The number of hydrogen-bond donors (Lipinski definition) is 2. The van der Waals surface area contributed by atoms with Gasteiger partial charge in [-0.2, -0.15) is 0 Å². The van der Waals surface area contributed by atoms with Crippen molar-refractivity contribution < 1.29 is 4.79 Å². The third kappa shape index (κ3) is 4.66. The van der Waals surface area contributed by atoms with E-state index in [1.165, 1.54) is 32.1 Å². The molecule has 1 unspecified atom stereocenters. The molecule has 0 spiro atoms. The van der Waals surface area contributed by atoms with Gasteiger partial charge < -0.3 is 11.1 Å². The normalized spacial score (nSPS) is 20.9. The molecule has 0 heterocycles. The van der Waals surface area contributed by atoms with E-state index in [-0.39, 0.29) is 11.8 Å². The Morgan fingerprint density at radius 3 is 2.53 bits per heavy atom. The maximum absolute atomic E-state index is 12.0. The second kappa shape index (κ2) is 7.70. The van der Waals surface area contributed by atoms with Gasteiger partial charge in [0.05, 0.1) is 5.92 Å². The van der Waals surface area contributed by atoms with Gasteiger partial charge in [-0.1, -0.05) is 32.6 Å². The second-order valence-corrected chi connectivity index (χ2v) is 5.42. The van der Waals surface area contributed by atoms with E-state index in [1.54, 1.807) is 0 Å². The van der Waals surface area contributed by atoms with E-state index in [0.717, 1.165) is 12.8 Å². The van der Waals surface area contributed by atoms with Crippen LogP contribution >= 0.6 is 0 Å². The van der Waals surface area contributed by atoms with Gasteiger partial charge in [0.25, 0.3) is 0 Å². The third-order valence-corrected chi connectivity index (χ3v) is 4.02. The van der Waals surface area contributed by atoms with Crippen LogP contribution in [0.3, 0.4) is 0 Å². The summed E-state index contributed by atoms with van der Waals surface area (Å²) in [5, 5.41) is 3.17. The Morgan fingerprint density at radius 1 is 1.35 bits per heavy atom. The molecule has 2 atom stereocenters. The number of amides is 1. The predicted octanol–water partition coefficient (Wildman–Crippen LogP) is 2.45. The molecule has 3 N–H and O–H groups in total. The molecular weight excluding hydrogens is 212 g/mol. The average Bonchev–Trinajstić information content (AvgIpc) is 2.36. The quantitative estimate of drug-likeness (QED) is 0.749. The standard InChI is InChI=1S/C14H28N2O/c1-3-7-13(10-15)14(17)16-11(2)12-8-5-4-6-9-12/h11-13H,3-10,15H2,1-2H3,(H,16,17)/t11-,13?/m1/s1. The summed E-state index contributed by atoms with van der Waals surface area (Å²) in [7, 11) is 0. The van der Waals surface area contributed by atoms with Crippen LogP contribution in [-0.2, 0) is 4.79 Å². The van der Waals surface area contributed by atoms with Gasteiger partial charge in [-0.25, -0.2) is 0 Å². The molecule has 0 aromatic rings. The van der Waals surface area contributed by atoms with Gasteiger partial charge in [-0.05, 0) is 32.1 Å². The van der Waals surface area contributed by atoms with Crippen LogP contribution < -0.4 is 11.1 Å². The highest BCUT2D eigenvalue weighted by Gasteiger charge is 2.24. The Balaban J connectivity index is 2.37. The van der Waals surface area contributed by atoms with Crippen molar-refractivity contribution in [3.05, 3.63) is 0 Å². The Kier molecular flexibility index (Phi) is 6.56. The van der Waals surface area contributed by atoms with Gasteiger partial charge in [0.1, 0.15) is 0 Å². The Bertz CT molecular complexity index is 224. The van der Waals surface area contributed by atoms with Crippen molar-refractivity contribution in [3.63, 3.8) is 0 Å². The highest BCUT2D eigenvalue weighted by atomic mass is 16.1. The monoisotopic (exact) mass is 240 g/mol. The number of rotatable bonds is 6. The lowest BCUT2D eigenvalue weighted by Crippen LogP contribution is -2.43. The first-order valence-electron chi connectivity index (χ1n) is 7.19. The summed E-state index contributed by atoms with van der Waals surface area (Å²) in [6.07, 6.45) is 8.45. The van der Waals surface area contributed by atoms with Crippen LogP contribution in [0.15, 0.2) is 0 Å². The van der Waals surface area contributed by atoms with Gasteiger partial charge in [0.15, 0.2) is 0 Å². The lowest BCUT2D eigenvalue weighted by molar-refractivity contribution is -0.126. The highest BCUT2D eigenvalue weighted by molar-refractivity contribution is 5.79. The number of nitrogens with one attached hydrogen (secondary N) is 1. The van der Waals surface area contributed by atoms with Crippen molar-refractivity contribution >= 4 is 5.91 Å². The van der Waals surface area contributed by atoms with Crippen molar-refractivity contribution in [3.8, 4) is 0 Å². The molecule has 1 fully saturated rings. The van der Waals surface area contributed by atoms with Crippen LogP contribution in [0.5, 0.6) is 0 Å². The van der Waals surface area contributed by atoms with Gasteiger partial charge in [-0.3, -0.25) is 4.79 Å². The zero-order valence-electron chi connectivity index (χ0n) is 11.4. The fourth-order valence-electron chi connectivity index (χ4n) is 2.80. The molecular formula is C14H28N2O. The average molecular weight is 240 g/mol. The Morgan fingerprint density at radius 2 is 2.00 bits per heavy atom. The Labute approximate surface area is 106 Å². The zero-order chi connectivity index (χ0) is 12.7. The summed E-state index contributed by atoms with van der Waals surface area (Å²) >= 11 is 0. The number of carbonyl (C=O) groups is 1. The summed E-state index contributed by atoms with van der Waals surface area (Å²) in [4.78, 5) is 12.0. The fourth-order valence-corrected chi connectivity index (χ4v) is 2.80. The molecule has 0 aromatic heterocycles. The van der Waals surface area contributed by atoms with Crippen LogP contribution in [-0.4, -0.2) is 18.5 Å². The summed E-state index contributed by atoms with van der Waals surface area (Å²) in [6, 6.07) is 0.314. The van der Waals surface area contributed by atoms with E-state index < -0.39 is 0 Å². The Hall–Kier alpha value is -0.570. The lowest BCUT2D eigenvalue weighted by atomic mass is 9.84. The van der Waals surface area contributed by atoms with Crippen molar-refractivity contribution in [2.45, 2.75) is 64.8 Å². The second-order valence-electron chi connectivity index (χ2n) is 5.42. The minimum Gasteiger partial charge on any atom is -0.353 e. The van der Waals surface area contributed by atoms with Crippen molar-refractivity contribution in [1.29, 1.82) is 0 Å². The van der Waals surface area contributed by atoms with Crippen LogP contribution in [0.25, 0.3) is 0 Å². The van der Waals surface area contributed by atoms with Crippen LogP contribution in [0.1, 0.15) is 58.8 Å². The first-order valence-corrected chi connectivity index (χ1v) is 7.19. The molecule has 1 aliphatic rings. The molecule has 0 aliphatic heterocycles. The van der Waals surface area contributed by atoms with Gasteiger partial charge in [0.2, 0.25) is 5.91 Å². The molecule has 0 bridgehead atoms. The molecule has 0 aromatic carbocycles. The first-order chi connectivity index (χ1) is 8.19. The smallest absolute Gasteiger partial charge is 0.224 e. The third-order valence-electron chi connectivity index (χ3n) is 4.02. The van der Waals surface area contributed by atoms with Gasteiger partial charge >= 0.3 is 0 Å². The molecule has 1 saturated carbocycles. The molecule has 0 saturated heterocycles. The summed E-state index contributed by atoms with van der Waals surface area (Å²) in [5.74, 6) is 0.839. The van der Waals surface area contributed by atoms with Crippen LogP contribution in [0, 0.1) is 11.8 Å².